The highest BCUT2D eigenvalue weighted by Gasteiger charge is 2.29. The van der Waals surface area contributed by atoms with Crippen LogP contribution < -0.4 is 10.6 Å². The van der Waals surface area contributed by atoms with Crippen LogP contribution in [0.4, 0.5) is 4.79 Å². The van der Waals surface area contributed by atoms with Crippen molar-refractivity contribution in [3.05, 3.63) is 77.9 Å². The van der Waals surface area contributed by atoms with E-state index in [-0.39, 0.29) is 25.5 Å². The largest absolute Gasteiger partial charge is 0.480 e. The lowest BCUT2D eigenvalue weighted by Gasteiger charge is -2.18. The van der Waals surface area contributed by atoms with E-state index >= 15 is 0 Å². The predicted molar refractivity (Wildman–Crippen MR) is 124 cm³/mol. The lowest BCUT2D eigenvalue weighted by atomic mass is 9.98. The molecule has 1 aromatic heterocycles. The number of ether oxygens (including phenoxy) is 1. The summed E-state index contributed by atoms with van der Waals surface area (Å²) in [4.78, 5) is 42.9. The predicted octanol–water partition coefficient (Wildman–Crippen LogP) is 2.70. The van der Waals surface area contributed by atoms with E-state index in [1.54, 1.807) is 6.92 Å². The van der Waals surface area contributed by atoms with Crippen LogP contribution in [0.5, 0.6) is 0 Å². The smallest absolute Gasteiger partial charge is 0.407 e. The van der Waals surface area contributed by atoms with Gasteiger partial charge in [0.05, 0.1) is 12.2 Å². The average Bonchev–Trinajstić information content (AvgIpc) is 3.46. The standard InChI is InChI=1S/C25H26N4O5/c1-15(23(30)29-22(24(31)32)10-16-12-26-14-28-16)11-27-25(33)34-13-21-19-8-4-2-6-17(19)18-7-3-5-9-20(18)21/h2-9,12,14-15,21-22H,10-11,13H2,1H3,(H,26,28)(H,27,33)(H,29,30)(H,31,32). The number of rotatable bonds is 9. The van der Waals surface area contributed by atoms with Crippen molar-refractivity contribution in [3.8, 4) is 11.1 Å². The Morgan fingerprint density at radius 1 is 1.09 bits per heavy atom. The number of carboxylic acids is 1. The number of nitrogens with zero attached hydrogens (tertiary/aromatic N) is 1. The first kappa shape index (κ1) is 23.0. The molecule has 34 heavy (non-hydrogen) atoms. The van der Waals surface area contributed by atoms with E-state index in [1.165, 1.54) is 12.5 Å². The van der Waals surface area contributed by atoms with Crippen molar-refractivity contribution in [3.63, 3.8) is 0 Å². The summed E-state index contributed by atoms with van der Waals surface area (Å²) in [5.41, 5.74) is 5.10. The second-order valence-electron chi connectivity index (χ2n) is 8.29. The summed E-state index contributed by atoms with van der Waals surface area (Å²) in [6, 6.07) is 15.0. The third-order valence-corrected chi connectivity index (χ3v) is 5.94. The Hall–Kier alpha value is -4.14. The Morgan fingerprint density at radius 2 is 1.74 bits per heavy atom. The monoisotopic (exact) mass is 462 g/mol. The van der Waals surface area contributed by atoms with Gasteiger partial charge in [-0.25, -0.2) is 14.6 Å². The number of imidazole rings is 1. The van der Waals surface area contributed by atoms with Crippen LogP contribution in [-0.4, -0.2) is 52.2 Å². The van der Waals surface area contributed by atoms with Crippen molar-refractivity contribution in [2.24, 2.45) is 5.92 Å². The van der Waals surface area contributed by atoms with Gasteiger partial charge in [-0.1, -0.05) is 55.5 Å². The number of amides is 2. The molecule has 0 fully saturated rings. The Labute approximate surface area is 196 Å². The molecule has 0 saturated carbocycles. The number of H-pyrrole nitrogens is 1. The number of fused-ring (bicyclic) bond motifs is 3. The third kappa shape index (κ3) is 5.09. The molecule has 0 bridgehead atoms. The van der Waals surface area contributed by atoms with E-state index in [2.05, 4.69) is 32.7 Å². The zero-order valence-corrected chi connectivity index (χ0v) is 18.7. The van der Waals surface area contributed by atoms with Crippen LogP contribution in [0.25, 0.3) is 11.1 Å². The van der Waals surface area contributed by atoms with Gasteiger partial charge in [0.2, 0.25) is 5.91 Å². The molecule has 1 aliphatic rings. The van der Waals surface area contributed by atoms with Crippen LogP contribution in [0.15, 0.2) is 61.1 Å². The summed E-state index contributed by atoms with van der Waals surface area (Å²) in [6.07, 6.45) is 2.39. The summed E-state index contributed by atoms with van der Waals surface area (Å²) in [5.74, 6) is -2.34. The van der Waals surface area contributed by atoms with Crippen LogP contribution in [0, 0.1) is 5.92 Å². The zero-order chi connectivity index (χ0) is 24.1. The fourth-order valence-corrected chi connectivity index (χ4v) is 4.11. The second-order valence-corrected chi connectivity index (χ2v) is 8.29. The summed E-state index contributed by atoms with van der Waals surface area (Å²) >= 11 is 0. The third-order valence-electron chi connectivity index (χ3n) is 5.94. The first-order valence-corrected chi connectivity index (χ1v) is 11.0. The quantitative estimate of drug-likeness (QED) is 0.386. The number of hydrogen-bond donors (Lipinski definition) is 4. The number of carboxylic acid groups (broad SMARTS) is 1. The molecule has 176 valence electrons. The molecule has 0 spiro atoms. The van der Waals surface area contributed by atoms with Gasteiger partial charge < -0.3 is 25.5 Å². The highest BCUT2D eigenvalue weighted by Crippen LogP contribution is 2.44. The van der Waals surface area contributed by atoms with Gasteiger partial charge in [-0.2, -0.15) is 0 Å². The van der Waals surface area contributed by atoms with E-state index in [4.69, 9.17) is 4.74 Å². The first-order valence-electron chi connectivity index (χ1n) is 11.0. The van der Waals surface area contributed by atoms with Gasteiger partial charge >= 0.3 is 12.1 Å². The minimum Gasteiger partial charge on any atom is -0.480 e. The van der Waals surface area contributed by atoms with Gasteiger partial charge in [0.15, 0.2) is 0 Å². The number of hydrogen-bond acceptors (Lipinski definition) is 5. The summed E-state index contributed by atoms with van der Waals surface area (Å²) in [7, 11) is 0. The van der Waals surface area contributed by atoms with Crippen LogP contribution in [0.1, 0.15) is 29.7 Å². The summed E-state index contributed by atoms with van der Waals surface area (Å²) in [5, 5.41) is 14.5. The molecule has 4 rings (SSSR count). The van der Waals surface area contributed by atoms with Gasteiger partial charge in [-0.15, -0.1) is 0 Å². The van der Waals surface area contributed by atoms with Crippen molar-refractivity contribution in [1.29, 1.82) is 0 Å². The van der Waals surface area contributed by atoms with Crippen LogP contribution in [0.2, 0.25) is 0 Å². The van der Waals surface area contributed by atoms with Gasteiger partial charge in [0, 0.05) is 30.8 Å². The van der Waals surface area contributed by atoms with E-state index in [1.807, 2.05) is 36.4 Å². The molecule has 9 nitrogen and oxygen atoms in total. The number of carbonyl (C=O) groups excluding carboxylic acids is 2. The lowest BCUT2D eigenvalue weighted by molar-refractivity contribution is -0.142. The highest BCUT2D eigenvalue weighted by molar-refractivity contribution is 5.85. The second kappa shape index (κ2) is 10.2. The van der Waals surface area contributed by atoms with Gasteiger partial charge in [0.1, 0.15) is 12.6 Å². The van der Waals surface area contributed by atoms with Crippen molar-refractivity contribution < 1.29 is 24.2 Å². The Bertz CT molecular complexity index is 1130. The molecule has 4 N–H and O–H groups in total. The number of aromatic amines is 1. The molecule has 2 atom stereocenters. The number of benzene rings is 2. The van der Waals surface area contributed by atoms with Crippen molar-refractivity contribution in [2.45, 2.75) is 25.3 Å². The topological polar surface area (TPSA) is 133 Å². The van der Waals surface area contributed by atoms with Crippen molar-refractivity contribution in [1.82, 2.24) is 20.6 Å². The number of carbonyl (C=O) groups is 3. The minimum atomic E-state index is -1.15. The van der Waals surface area contributed by atoms with E-state index in [0.717, 1.165) is 22.3 Å². The molecular formula is C25H26N4O5. The van der Waals surface area contributed by atoms with E-state index < -0.39 is 29.9 Å². The SMILES string of the molecule is CC(CNC(=O)OCC1c2ccccc2-c2ccccc21)C(=O)NC(Cc1cnc[nH]1)C(=O)O. The van der Waals surface area contributed by atoms with E-state index in [9.17, 15) is 19.5 Å². The average molecular weight is 463 g/mol. The first-order chi connectivity index (χ1) is 16.4. The molecule has 0 saturated heterocycles. The number of nitrogens with one attached hydrogen (secondary N) is 3. The molecule has 9 heteroatoms. The molecule has 0 radical (unpaired) electrons. The Balaban J connectivity index is 1.28. The lowest BCUT2D eigenvalue weighted by Crippen LogP contribution is -2.46. The van der Waals surface area contributed by atoms with E-state index in [0.29, 0.717) is 5.69 Å². The maximum Gasteiger partial charge on any atom is 0.407 e. The number of alkyl carbamates (subject to hydrolysis) is 1. The molecule has 2 unspecified atom stereocenters. The molecule has 2 amide bonds. The molecule has 3 aromatic rings. The van der Waals surface area contributed by atoms with Gasteiger partial charge in [-0.05, 0) is 22.3 Å². The molecular weight excluding hydrogens is 436 g/mol. The fourth-order valence-electron chi connectivity index (χ4n) is 4.11. The molecule has 0 aliphatic heterocycles. The zero-order valence-electron chi connectivity index (χ0n) is 18.7. The fraction of sp³-hybridized carbons (Fsp3) is 0.280. The summed E-state index contributed by atoms with van der Waals surface area (Å²) < 4.78 is 5.47. The highest BCUT2D eigenvalue weighted by atomic mass is 16.5. The number of aromatic nitrogens is 2. The van der Waals surface area contributed by atoms with Gasteiger partial charge in [-0.3, -0.25) is 4.79 Å². The maximum atomic E-state index is 12.4. The Morgan fingerprint density at radius 3 is 2.32 bits per heavy atom. The summed E-state index contributed by atoms with van der Waals surface area (Å²) in [6.45, 7) is 1.79. The van der Waals surface area contributed by atoms with Gasteiger partial charge in [0.25, 0.3) is 0 Å². The number of aliphatic carboxylic acids is 1. The molecule has 2 aromatic carbocycles. The molecule has 1 aliphatic carbocycles. The van der Waals surface area contributed by atoms with Crippen LogP contribution in [-0.2, 0) is 20.7 Å². The normalized spacial score (nSPS) is 13.9. The maximum absolute atomic E-state index is 12.4. The van der Waals surface area contributed by atoms with Crippen molar-refractivity contribution in [2.75, 3.05) is 13.2 Å². The Kier molecular flexibility index (Phi) is 6.91. The molecule has 1 heterocycles. The van der Waals surface area contributed by atoms with Crippen molar-refractivity contribution >= 4 is 18.0 Å². The van der Waals surface area contributed by atoms with Crippen LogP contribution in [0.3, 0.4) is 0 Å². The minimum absolute atomic E-state index is 0.0128. The van der Waals surface area contributed by atoms with Crippen LogP contribution >= 0.6 is 0 Å².